The molecule has 5 heteroatoms. The van der Waals surface area contributed by atoms with E-state index in [4.69, 9.17) is 15.2 Å². The Labute approximate surface area is 113 Å². The highest BCUT2D eigenvalue weighted by Crippen LogP contribution is 2.27. The SMILES string of the molecule is COC(=O)C1(N)CCN(c2cccc(OC)c2)CC1. The molecule has 0 aliphatic carbocycles. The lowest BCUT2D eigenvalue weighted by Gasteiger charge is -2.38. The highest BCUT2D eigenvalue weighted by molar-refractivity contribution is 5.81. The summed E-state index contributed by atoms with van der Waals surface area (Å²) in [5.41, 5.74) is 6.33. The van der Waals surface area contributed by atoms with Crippen LogP contribution < -0.4 is 15.4 Å². The Morgan fingerprint density at radius 2 is 2.00 bits per heavy atom. The number of benzene rings is 1. The average molecular weight is 264 g/mol. The lowest BCUT2D eigenvalue weighted by atomic mass is 9.88. The van der Waals surface area contributed by atoms with Crippen molar-refractivity contribution in [3.8, 4) is 5.75 Å². The highest BCUT2D eigenvalue weighted by Gasteiger charge is 2.38. The number of rotatable bonds is 3. The number of nitrogens with two attached hydrogens (primary N) is 1. The lowest BCUT2D eigenvalue weighted by Crippen LogP contribution is -2.56. The van der Waals surface area contributed by atoms with Gasteiger partial charge in [0.15, 0.2) is 0 Å². The van der Waals surface area contributed by atoms with Crippen LogP contribution in [0.5, 0.6) is 5.75 Å². The van der Waals surface area contributed by atoms with Crippen LogP contribution in [0.3, 0.4) is 0 Å². The first kappa shape index (κ1) is 13.7. The van der Waals surface area contributed by atoms with Crippen molar-refractivity contribution in [3.05, 3.63) is 24.3 Å². The van der Waals surface area contributed by atoms with Gasteiger partial charge in [0, 0.05) is 24.8 Å². The summed E-state index contributed by atoms with van der Waals surface area (Å²) in [5.74, 6) is 0.507. The summed E-state index contributed by atoms with van der Waals surface area (Å²) in [6.07, 6.45) is 1.19. The molecule has 1 aromatic carbocycles. The molecular formula is C14H20N2O3. The van der Waals surface area contributed by atoms with Crippen molar-refractivity contribution in [2.45, 2.75) is 18.4 Å². The molecule has 0 bridgehead atoms. The molecule has 1 aliphatic rings. The molecule has 1 fully saturated rings. The zero-order valence-electron chi connectivity index (χ0n) is 11.4. The maximum Gasteiger partial charge on any atom is 0.325 e. The molecule has 1 saturated heterocycles. The maximum absolute atomic E-state index is 11.6. The van der Waals surface area contributed by atoms with Crippen molar-refractivity contribution in [2.75, 3.05) is 32.2 Å². The summed E-state index contributed by atoms with van der Waals surface area (Å²) >= 11 is 0. The Morgan fingerprint density at radius 3 is 2.58 bits per heavy atom. The molecule has 1 aliphatic heterocycles. The topological polar surface area (TPSA) is 64.8 Å². The van der Waals surface area contributed by atoms with Crippen molar-refractivity contribution >= 4 is 11.7 Å². The number of hydrogen-bond donors (Lipinski definition) is 1. The second-order valence-corrected chi connectivity index (χ2v) is 4.84. The first-order chi connectivity index (χ1) is 9.09. The van der Waals surface area contributed by atoms with E-state index in [1.54, 1.807) is 7.11 Å². The molecular weight excluding hydrogens is 244 g/mol. The predicted molar refractivity (Wildman–Crippen MR) is 73.4 cm³/mol. The first-order valence-electron chi connectivity index (χ1n) is 6.35. The Balaban J connectivity index is 2.05. The van der Waals surface area contributed by atoms with Crippen LogP contribution in [-0.4, -0.2) is 38.8 Å². The van der Waals surface area contributed by atoms with Crippen LogP contribution in [0.15, 0.2) is 24.3 Å². The van der Waals surface area contributed by atoms with Crippen LogP contribution in [0.25, 0.3) is 0 Å². The zero-order chi connectivity index (χ0) is 13.9. The van der Waals surface area contributed by atoms with Gasteiger partial charge in [-0.2, -0.15) is 0 Å². The van der Waals surface area contributed by atoms with Crippen LogP contribution in [0, 0.1) is 0 Å². The van der Waals surface area contributed by atoms with Gasteiger partial charge in [0.25, 0.3) is 0 Å². The van der Waals surface area contributed by atoms with Gasteiger partial charge in [-0.1, -0.05) is 6.07 Å². The van der Waals surface area contributed by atoms with Crippen molar-refractivity contribution in [1.29, 1.82) is 0 Å². The Bertz CT molecular complexity index is 454. The Kier molecular flexibility index (Phi) is 3.95. The molecule has 0 unspecified atom stereocenters. The standard InChI is InChI=1S/C14H20N2O3/c1-18-12-5-3-4-11(10-12)16-8-6-14(15,7-9-16)13(17)19-2/h3-5,10H,6-9,15H2,1-2H3. The fourth-order valence-electron chi connectivity index (χ4n) is 2.38. The number of esters is 1. The van der Waals surface area contributed by atoms with Gasteiger partial charge in [-0.05, 0) is 25.0 Å². The molecule has 0 aromatic heterocycles. The van der Waals surface area contributed by atoms with Crippen molar-refractivity contribution in [2.24, 2.45) is 5.73 Å². The highest BCUT2D eigenvalue weighted by atomic mass is 16.5. The molecule has 2 N–H and O–H groups in total. The maximum atomic E-state index is 11.6. The largest absolute Gasteiger partial charge is 0.497 e. The van der Waals surface area contributed by atoms with Gasteiger partial charge in [-0.15, -0.1) is 0 Å². The number of piperidine rings is 1. The number of nitrogens with zero attached hydrogens (tertiary/aromatic N) is 1. The molecule has 2 rings (SSSR count). The fourth-order valence-corrected chi connectivity index (χ4v) is 2.38. The number of carbonyl (C=O) groups is 1. The molecule has 1 aromatic rings. The van der Waals surface area contributed by atoms with E-state index in [-0.39, 0.29) is 5.97 Å². The molecule has 0 amide bonds. The third-order valence-corrected chi connectivity index (χ3v) is 3.67. The quantitative estimate of drug-likeness (QED) is 0.830. The van der Waals surface area contributed by atoms with Crippen molar-refractivity contribution < 1.29 is 14.3 Å². The normalized spacial score (nSPS) is 17.9. The van der Waals surface area contributed by atoms with Gasteiger partial charge < -0.3 is 20.1 Å². The van der Waals surface area contributed by atoms with E-state index in [1.165, 1.54) is 7.11 Å². The summed E-state index contributed by atoms with van der Waals surface area (Å²) in [6.45, 7) is 1.47. The molecule has 104 valence electrons. The number of methoxy groups -OCH3 is 2. The van der Waals surface area contributed by atoms with E-state index in [1.807, 2.05) is 24.3 Å². The molecule has 0 atom stereocenters. The number of anilines is 1. The molecule has 5 nitrogen and oxygen atoms in total. The van der Waals surface area contributed by atoms with E-state index < -0.39 is 5.54 Å². The van der Waals surface area contributed by atoms with Crippen molar-refractivity contribution in [1.82, 2.24) is 0 Å². The number of ether oxygens (including phenoxy) is 2. The lowest BCUT2D eigenvalue weighted by molar-refractivity contribution is -0.147. The van der Waals surface area contributed by atoms with Crippen molar-refractivity contribution in [3.63, 3.8) is 0 Å². The molecule has 19 heavy (non-hydrogen) atoms. The van der Waals surface area contributed by atoms with Gasteiger partial charge in [-0.3, -0.25) is 4.79 Å². The monoisotopic (exact) mass is 264 g/mol. The van der Waals surface area contributed by atoms with Crippen LogP contribution in [0.2, 0.25) is 0 Å². The molecule has 0 radical (unpaired) electrons. The van der Waals surface area contributed by atoms with Crippen LogP contribution in [0.4, 0.5) is 5.69 Å². The fraction of sp³-hybridized carbons (Fsp3) is 0.500. The molecule has 1 heterocycles. The second-order valence-electron chi connectivity index (χ2n) is 4.84. The van der Waals surface area contributed by atoms with Gasteiger partial charge in [0.1, 0.15) is 11.3 Å². The van der Waals surface area contributed by atoms with E-state index in [9.17, 15) is 4.79 Å². The Hall–Kier alpha value is -1.75. The van der Waals surface area contributed by atoms with E-state index in [2.05, 4.69) is 4.90 Å². The molecule has 0 saturated carbocycles. The third kappa shape index (κ3) is 2.81. The second kappa shape index (κ2) is 5.48. The minimum absolute atomic E-state index is 0.321. The smallest absolute Gasteiger partial charge is 0.325 e. The van der Waals surface area contributed by atoms with E-state index in [0.29, 0.717) is 12.8 Å². The van der Waals surface area contributed by atoms with Crippen LogP contribution in [-0.2, 0) is 9.53 Å². The first-order valence-corrected chi connectivity index (χ1v) is 6.35. The third-order valence-electron chi connectivity index (χ3n) is 3.67. The number of carbonyl (C=O) groups excluding carboxylic acids is 1. The minimum Gasteiger partial charge on any atom is -0.497 e. The summed E-state index contributed by atoms with van der Waals surface area (Å²) < 4.78 is 9.98. The van der Waals surface area contributed by atoms with Crippen LogP contribution in [0.1, 0.15) is 12.8 Å². The zero-order valence-corrected chi connectivity index (χ0v) is 11.4. The predicted octanol–water partition coefficient (Wildman–Crippen LogP) is 1.17. The molecule has 0 spiro atoms. The van der Waals surface area contributed by atoms with Crippen LogP contribution >= 0.6 is 0 Å². The summed E-state index contributed by atoms with van der Waals surface area (Å²) in [6, 6.07) is 7.89. The number of hydrogen-bond acceptors (Lipinski definition) is 5. The minimum atomic E-state index is -0.843. The van der Waals surface area contributed by atoms with Gasteiger partial charge >= 0.3 is 5.97 Å². The summed E-state index contributed by atoms with van der Waals surface area (Å²) in [5, 5.41) is 0. The van der Waals surface area contributed by atoms with E-state index >= 15 is 0 Å². The van der Waals surface area contributed by atoms with Gasteiger partial charge in [0.05, 0.1) is 14.2 Å². The summed E-state index contributed by atoms with van der Waals surface area (Å²) in [4.78, 5) is 13.9. The Morgan fingerprint density at radius 1 is 1.32 bits per heavy atom. The van der Waals surface area contributed by atoms with E-state index in [0.717, 1.165) is 24.5 Å². The summed E-state index contributed by atoms with van der Waals surface area (Å²) in [7, 11) is 3.03. The van der Waals surface area contributed by atoms with Gasteiger partial charge in [0.2, 0.25) is 0 Å². The average Bonchev–Trinajstić information content (AvgIpc) is 2.47. The van der Waals surface area contributed by atoms with Gasteiger partial charge in [-0.25, -0.2) is 0 Å².